The minimum atomic E-state index is 0.692. The fourth-order valence-electron chi connectivity index (χ4n) is 2.94. The Bertz CT molecular complexity index is 201. The van der Waals surface area contributed by atoms with Crippen molar-refractivity contribution in [3.63, 3.8) is 0 Å². The van der Waals surface area contributed by atoms with Crippen molar-refractivity contribution in [1.29, 1.82) is 0 Å². The van der Waals surface area contributed by atoms with Crippen molar-refractivity contribution in [2.24, 2.45) is 5.92 Å². The summed E-state index contributed by atoms with van der Waals surface area (Å²) in [6.45, 7) is 17.8. The summed E-state index contributed by atoms with van der Waals surface area (Å²) in [5.74, 6) is 0.845. The van der Waals surface area contributed by atoms with Gasteiger partial charge in [0.1, 0.15) is 0 Å². The largest absolute Gasteiger partial charge is 0.298 e. The van der Waals surface area contributed by atoms with E-state index in [1.807, 2.05) is 0 Å². The van der Waals surface area contributed by atoms with Crippen LogP contribution in [0.4, 0.5) is 0 Å². The molecule has 1 fully saturated rings. The van der Waals surface area contributed by atoms with E-state index in [-0.39, 0.29) is 0 Å². The molecule has 17 heavy (non-hydrogen) atoms. The van der Waals surface area contributed by atoms with E-state index in [9.17, 15) is 0 Å². The van der Waals surface area contributed by atoms with Crippen molar-refractivity contribution in [3.8, 4) is 0 Å². The van der Waals surface area contributed by atoms with Gasteiger partial charge in [-0.3, -0.25) is 9.80 Å². The lowest BCUT2D eigenvalue weighted by Gasteiger charge is -2.46. The van der Waals surface area contributed by atoms with Crippen LogP contribution in [-0.2, 0) is 0 Å². The molecule has 0 aromatic heterocycles. The van der Waals surface area contributed by atoms with E-state index in [1.54, 1.807) is 0 Å². The Morgan fingerprint density at radius 1 is 1.00 bits per heavy atom. The van der Waals surface area contributed by atoms with E-state index in [2.05, 4.69) is 51.3 Å². The minimum Gasteiger partial charge on any atom is -0.298 e. The fourth-order valence-corrected chi connectivity index (χ4v) is 2.94. The first-order valence-corrected chi connectivity index (χ1v) is 7.41. The van der Waals surface area contributed by atoms with Crippen LogP contribution in [0.5, 0.6) is 0 Å². The van der Waals surface area contributed by atoms with Gasteiger partial charge in [0.25, 0.3) is 0 Å². The maximum absolute atomic E-state index is 2.71. The van der Waals surface area contributed by atoms with Gasteiger partial charge in [0.15, 0.2) is 0 Å². The summed E-state index contributed by atoms with van der Waals surface area (Å²) >= 11 is 0. The highest BCUT2D eigenvalue weighted by Crippen LogP contribution is 2.18. The molecule has 0 aliphatic carbocycles. The second kappa shape index (κ2) is 6.75. The molecule has 0 radical (unpaired) electrons. The van der Waals surface area contributed by atoms with Crippen LogP contribution in [0.1, 0.15) is 54.4 Å². The maximum atomic E-state index is 2.71. The zero-order chi connectivity index (χ0) is 13.0. The summed E-state index contributed by atoms with van der Waals surface area (Å²) in [7, 11) is 0. The number of hydrogen-bond acceptors (Lipinski definition) is 2. The van der Waals surface area contributed by atoms with Crippen LogP contribution in [0.25, 0.3) is 0 Å². The topological polar surface area (TPSA) is 6.48 Å². The van der Waals surface area contributed by atoms with Gasteiger partial charge in [-0.25, -0.2) is 0 Å². The van der Waals surface area contributed by atoms with Crippen molar-refractivity contribution in [3.05, 3.63) is 0 Å². The van der Waals surface area contributed by atoms with Crippen molar-refractivity contribution < 1.29 is 0 Å². The second-order valence-corrected chi connectivity index (χ2v) is 6.52. The van der Waals surface area contributed by atoms with Crippen LogP contribution in [0.2, 0.25) is 0 Å². The summed E-state index contributed by atoms with van der Waals surface area (Å²) in [6.07, 6.45) is 2.72. The molecule has 0 amide bonds. The monoisotopic (exact) mass is 240 g/mol. The molecular formula is C15H32N2. The lowest BCUT2D eigenvalue weighted by molar-refractivity contribution is 0.0224. The third kappa shape index (κ3) is 4.59. The van der Waals surface area contributed by atoms with Crippen molar-refractivity contribution in [2.75, 3.05) is 19.6 Å². The van der Waals surface area contributed by atoms with Crippen molar-refractivity contribution in [2.45, 2.75) is 72.5 Å². The van der Waals surface area contributed by atoms with E-state index in [0.717, 1.165) is 5.92 Å². The molecule has 0 unspecified atom stereocenters. The molecule has 102 valence electrons. The van der Waals surface area contributed by atoms with E-state index in [0.29, 0.717) is 18.1 Å². The summed E-state index contributed by atoms with van der Waals surface area (Å²) in [6, 6.07) is 2.12. The average molecular weight is 240 g/mol. The Labute approximate surface area is 108 Å². The Balaban J connectivity index is 2.40. The van der Waals surface area contributed by atoms with Crippen LogP contribution in [-0.4, -0.2) is 47.6 Å². The average Bonchev–Trinajstić information content (AvgIpc) is 2.21. The zero-order valence-electron chi connectivity index (χ0n) is 12.7. The number of piperazine rings is 1. The molecule has 1 rings (SSSR count). The molecule has 1 heterocycles. The molecule has 0 aromatic carbocycles. The van der Waals surface area contributed by atoms with Gasteiger partial charge < -0.3 is 0 Å². The standard InChI is InChI=1S/C15H32N2/c1-12(2)8-7-9-17-14(5)10-16(13(3)4)11-15(17)6/h12-15H,7-11H2,1-6H3/t14-,15+. The van der Waals surface area contributed by atoms with Crippen molar-refractivity contribution >= 4 is 0 Å². The summed E-state index contributed by atoms with van der Waals surface area (Å²) in [4.78, 5) is 5.33. The predicted octanol–water partition coefficient (Wildman–Crippen LogP) is 3.23. The molecule has 1 aliphatic heterocycles. The van der Waals surface area contributed by atoms with Crippen molar-refractivity contribution in [1.82, 2.24) is 9.80 Å². The number of nitrogens with zero attached hydrogens (tertiary/aromatic N) is 2. The molecule has 0 spiro atoms. The van der Waals surface area contributed by atoms with Gasteiger partial charge >= 0.3 is 0 Å². The number of hydrogen-bond donors (Lipinski definition) is 0. The highest BCUT2D eigenvalue weighted by atomic mass is 15.3. The van der Waals surface area contributed by atoms with E-state index < -0.39 is 0 Å². The van der Waals surface area contributed by atoms with Gasteiger partial charge in [-0.15, -0.1) is 0 Å². The molecule has 2 heteroatoms. The quantitative estimate of drug-likeness (QED) is 0.728. The summed E-state index contributed by atoms with van der Waals surface area (Å²) < 4.78 is 0. The van der Waals surface area contributed by atoms with Gasteiger partial charge in [0.05, 0.1) is 0 Å². The summed E-state index contributed by atoms with van der Waals surface area (Å²) in [5.41, 5.74) is 0. The maximum Gasteiger partial charge on any atom is 0.0198 e. The first kappa shape index (κ1) is 15.0. The molecule has 0 N–H and O–H groups in total. The molecule has 0 aromatic rings. The fraction of sp³-hybridized carbons (Fsp3) is 1.00. The van der Waals surface area contributed by atoms with Crippen LogP contribution < -0.4 is 0 Å². The predicted molar refractivity (Wildman–Crippen MR) is 76.4 cm³/mol. The zero-order valence-corrected chi connectivity index (χ0v) is 12.7. The smallest absolute Gasteiger partial charge is 0.0198 e. The highest BCUT2D eigenvalue weighted by molar-refractivity contribution is 4.86. The normalized spacial score (nSPS) is 28.2. The van der Waals surface area contributed by atoms with Gasteiger partial charge in [-0.05, 0) is 53.0 Å². The molecule has 1 aliphatic rings. The van der Waals surface area contributed by atoms with Gasteiger partial charge in [-0.1, -0.05) is 13.8 Å². The Kier molecular flexibility index (Phi) is 5.94. The third-order valence-corrected chi connectivity index (χ3v) is 4.06. The Hall–Kier alpha value is -0.0800. The molecule has 1 saturated heterocycles. The van der Waals surface area contributed by atoms with Crippen LogP contribution in [0.3, 0.4) is 0 Å². The van der Waals surface area contributed by atoms with E-state index in [1.165, 1.54) is 32.5 Å². The van der Waals surface area contributed by atoms with Crippen LogP contribution in [0.15, 0.2) is 0 Å². The minimum absolute atomic E-state index is 0.692. The highest BCUT2D eigenvalue weighted by Gasteiger charge is 2.29. The molecule has 2 atom stereocenters. The van der Waals surface area contributed by atoms with Crippen LogP contribution >= 0.6 is 0 Å². The van der Waals surface area contributed by atoms with Crippen LogP contribution in [0, 0.1) is 5.92 Å². The first-order valence-electron chi connectivity index (χ1n) is 7.41. The van der Waals surface area contributed by atoms with Gasteiger partial charge in [0.2, 0.25) is 0 Å². The third-order valence-electron chi connectivity index (χ3n) is 4.06. The van der Waals surface area contributed by atoms with E-state index in [4.69, 9.17) is 0 Å². The van der Waals surface area contributed by atoms with Gasteiger partial charge in [0, 0.05) is 31.2 Å². The number of rotatable bonds is 5. The Morgan fingerprint density at radius 3 is 1.94 bits per heavy atom. The molecule has 0 saturated carbocycles. The van der Waals surface area contributed by atoms with E-state index >= 15 is 0 Å². The lowest BCUT2D eigenvalue weighted by atomic mass is 10.0. The summed E-state index contributed by atoms with van der Waals surface area (Å²) in [5, 5.41) is 0. The van der Waals surface area contributed by atoms with Gasteiger partial charge in [-0.2, -0.15) is 0 Å². The molecular weight excluding hydrogens is 208 g/mol. The lowest BCUT2D eigenvalue weighted by Crippen LogP contribution is -2.58. The SMILES string of the molecule is CC(C)CCCN1[C@H](C)CN(C(C)C)C[C@@H]1C. The first-order chi connectivity index (χ1) is 7.91. The second-order valence-electron chi connectivity index (χ2n) is 6.52. The molecule has 0 bridgehead atoms. The Morgan fingerprint density at radius 2 is 1.53 bits per heavy atom. The molecule has 2 nitrogen and oxygen atoms in total.